The standard InChI is InChI=1S/C14H21NO2/c1-4-5-10-17-14(16)12-6-8-13(9-7-12)15-11(2)3/h6-9,11,15H,4-5,10H2,1-3H3. The molecule has 0 heterocycles. The summed E-state index contributed by atoms with van der Waals surface area (Å²) in [6.45, 7) is 6.72. The summed E-state index contributed by atoms with van der Waals surface area (Å²) in [5, 5.41) is 3.27. The van der Waals surface area contributed by atoms with Crippen LogP contribution in [0.4, 0.5) is 5.69 Å². The average Bonchev–Trinajstić information content (AvgIpc) is 2.29. The molecule has 0 amide bonds. The zero-order valence-electron chi connectivity index (χ0n) is 10.8. The van der Waals surface area contributed by atoms with Gasteiger partial charge in [0.25, 0.3) is 0 Å². The molecule has 1 aromatic rings. The second kappa shape index (κ2) is 6.94. The van der Waals surface area contributed by atoms with Gasteiger partial charge in [-0.2, -0.15) is 0 Å². The molecule has 0 aromatic heterocycles. The molecule has 0 atom stereocenters. The predicted molar refractivity (Wildman–Crippen MR) is 70.4 cm³/mol. The number of benzene rings is 1. The fraction of sp³-hybridized carbons (Fsp3) is 0.500. The molecular formula is C14H21NO2. The molecule has 3 heteroatoms. The molecule has 3 nitrogen and oxygen atoms in total. The van der Waals surface area contributed by atoms with Crippen LogP contribution in [0.5, 0.6) is 0 Å². The molecule has 0 spiro atoms. The van der Waals surface area contributed by atoms with Gasteiger partial charge in [-0.25, -0.2) is 4.79 Å². The summed E-state index contributed by atoms with van der Waals surface area (Å²) in [5.74, 6) is -0.241. The Bertz CT molecular complexity index is 344. The lowest BCUT2D eigenvalue weighted by Crippen LogP contribution is -2.10. The van der Waals surface area contributed by atoms with Crippen LogP contribution in [0, 0.1) is 0 Å². The Labute approximate surface area is 103 Å². The Kier molecular flexibility index (Phi) is 5.53. The van der Waals surface area contributed by atoms with E-state index in [9.17, 15) is 4.79 Å². The zero-order chi connectivity index (χ0) is 12.7. The molecule has 0 unspecified atom stereocenters. The van der Waals surface area contributed by atoms with Crippen LogP contribution >= 0.6 is 0 Å². The van der Waals surface area contributed by atoms with Crippen LogP contribution in [0.15, 0.2) is 24.3 Å². The molecule has 0 fully saturated rings. The van der Waals surface area contributed by atoms with Gasteiger partial charge < -0.3 is 10.1 Å². The smallest absolute Gasteiger partial charge is 0.338 e. The van der Waals surface area contributed by atoms with E-state index in [0.717, 1.165) is 18.5 Å². The maximum absolute atomic E-state index is 11.6. The Morgan fingerprint density at radius 3 is 2.47 bits per heavy atom. The van der Waals surface area contributed by atoms with Crippen molar-refractivity contribution in [1.82, 2.24) is 0 Å². The van der Waals surface area contributed by atoms with E-state index in [0.29, 0.717) is 18.2 Å². The van der Waals surface area contributed by atoms with Crippen LogP contribution in [-0.2, 0) is 4.74 Å². The third kappa shape index (κ3) is 4.89. The molecule has 0 aliphatic rings. The maximum Gasteiger partial charge on any atom is 0.338 e. The van der Waals surface area contributed by atoms with Crippen molar-refractivity contribution >= 4 is 11.7 Å². The number of anilines is 1. The molecule has 0 aliphatic carbocycles. The second-order valence-electron chi connectivity index (χ2n) is 4.37. The van der Waals surface area contributed by atoms with E-state index >= 15 is 0 Å². The van der Waals surface area contributed by atoms with Gasteiger partial charge in [-0.05, 0) is 44.5 Å². The van der Waals surface area contributed by atoms with Gasteiger partial charge in [0.2, 0.25) is 0 Å². The summed E-state index contributed by atoms with van der Waals surface area (Å²) in [4.78, 5) is 11.6. The summed E-state index contributed by atoms with van der Waals surface area (Å²) in [6.07, 6.45) is 1.95. The van der Waals surface area contributed by atoms with Gasteiger partial charge in [0.1, 0.15) is 0 Å². The largest absolute Gasteiger partial charge is 0.462 e. The number of unbranched alkanes of at least 4 members (excludes halogenated alkanes) is 1. The topological polar surface area (TPSA) is 38.3 Å². The quantitative estimate of drug-likeness (QED) is 0.606. The highest BCUT2D eigenvalue weighted by atomic mass is 16.5. The zero-order valence-corrected chi connectivity index (χ0v) is 10.8. The molecule has 0 saturated carbocycles. The number of carbonyl (C=O) groups excluding carboxylic acids is 1. The van der Waals surface area contributed by atoms with E-state index in [1.807, 2.05) is 12.1 Å². The second-order valence-corrected chi connectivity index (χ2v) is 4.37. The highest BCUT2D eigenvalue weighted by Crippen LogP contribution is 2.11. The monoisotopic (exact) mass is 235 g/mol. The minimum atomic E-state index is -0.241. The van der Waals surface area contributed by atoms with Crippen molar-refractivity contribution in [2.45, 2.75) is 39.7 Å². The first-order chi connectivity index (χ1) is 8.13. The van der Waals surface area contributed by atoms with Gasteiger partial charge in [0.05, 0.1) is 12.2 Å². The first-order valence-corrected chi connectivity index (χ1v) is 6.17. The van der Waals surface area contributed by atoms with Gasteiger partial charge in [-0.1, -0.05) is 13.3 Å². The number of carbonyl (C=O) groups is 1. The van der Waals surface area contributed by atoms with Crippen LogP contribution in [0.2, 0.25) is 0 Å². The van der Waals surface area contributed by atoms with Gasteiger partial charge in [0, 0.05) is 11.7 Å². The normalized spacial score (nSPS) is 10.4. The van der Waals surface area contributed by atoms with Gasteiger partial charge in [-0.15, -0.1) is 0 Å². The van der Waals surface area contributed by atoms with Crippen molar-refractivity contribution in [3.8, 4) is 0 Å². The third-order valence-corrected chi connectivity index (χ3v) is 2.31. The highest BCUT2D eigenvalue weighted by Gasteiger charge is 2.06. The van der Waals surface area contributed by atoms with Crippen LogP contribution in [0.1, 0.15) is 44.0 Å². The minimum absolute atomic E-state index is 0.241. The highest BCUT2D eigenvalue weighted by molar-refractivity contribution is 5.89. The number of esters is 1. The molecule has 1 rings (SSSR count). The fourth-order valence-corrected chi connectivity index (χ4v) is 1.43. The first kappa shape index (κ1) is 13.6. The Balaban J connectivity index is 2.52. The van der Waals surface area contributed by atoms with E-state index < -0.39 is 0 Å². The lowest BCUT2D eigenvalue weighted by atomic mass is 10.2. The van der Waals surface area contributed by atoms with Crippen LogP contribution in [0.25, 0.3) is 0 Å². The van der Waals surface area contributed by atoms with Gasteiger partial charge >= 0.3 is 5.97 Å². The van der Waals surface area contributed by atoms with E-state index in [4.69, 9.17) is 4.74 Å². The minimum Gasteiger partial charge on any atom is -0.462 e. The van der Waals surface area contributed by atoms with Crippen molar-refractivity contribution in [2.75, 3.05) is 11.9 Å². The first-order valence-electron chi connectivity index (χ1n) is 6.17. The fourth-order valence-electron chi connectivity index (χ4n) is 1.43. The van der Waals surface area contributed by atoms with E-state index in [2.05, 4.69) is 26.1 Å². The molecule has 0 radical (unpaired) electrons. The predicted octanol–water partition coefficient (Wildman–Crippen LogP) is 3.46. The van der Waals surface area contributed by atoms with Gasteiger partial charge in [-0.3, -0.25) is 0 Å². The van der Waals surface area contributed by atoms with Crippen LogP contribution in [-0.4, -0.2) is 18.6 Å². The summed E-state index contributed by atoms with van der Waals surface area (Å²) in [5.41, 5.74) is 1.63. The number of nitrogens with one attached hydrogen (secondary N) is 1. The number of hydrogen-bond acceptors (Lipinski definition) is 3. The summed E-state index contributed by atoms with van der Waals surface area (Å²) < 4.78 is 5.13. The molecule has 0 bridgehead atoms. The van der Waals surface area contributed by atoms with Crippen LogP contribution < -0.4 is 5.32 Å². The number of hydrogen-bond donors (Lipinski definition) is 1. The van der Waals surface area contributed by atoms with E-state index in [1.54, 1.807) is 12.1 Å². The maximum atomic E-state index is 11.6. The summed E-state index contributed by atoms with van der Waals surface area (Å²) in [7, 11) is 0. The van der Waals surface area contributed by atoms with Crippen molar-refractivity contribution in [2.24, 2.45) is 0 Å². The lowest BCUT2D eigenvalue weighted by molar-refractivity contribution is 0.0500. The number of rotatable bonds is 6. The molecule has 1 N–H and O–H groups in total. The average molecular weight is 235 g/mol. The molecule has 1 aromatic carbocycles. The molecule has 0 saturated heterocycles. The third-order valence-electron chi connectivity index (χ3n) is 2.31. The molecule has 94 valence electrons. The van der Waals surface area contributed by atoms with Crippen molar-refractivity contribution < 1.29 is 9.53 Å². The van der Waals surface area contributed by atoms with Gasteiger partial charge in [0.15, 0.2) is 0 Å². The number of ether oxygens (including phenoxy) is 1. The summed E-state index contributed by atoms with van der Waals surface area (Å²) in [6, 6.07) is 7.77. The van der Waals surface area contributed by atoms with Crippen LogP contribution in [0.3, 0.4) is 0 Å². The Morgan fingerprint density at radius 2 is 1.94 bits per heavy atom. The molecule has 0 aliphatic heterocycles. The lowest BCUT2D eigenvalue weighted by Gasteiger charge is -2.10. The van der Waals surface area contributed by atoms with Crippen molar-refractivity contribution in [1.29, 1.82) is 0 Å². The van der Waals surface area contributed by atoms with Crippen molar-refractivity contribution in [3.63, 3.8) is 0 Å². The summed E-state index contributed by atoms with van der Waals surface area (Å²) >= 11 is 0. The SMILES string of the molecule is CCCCOC(=O)c1ccc(NC(C)C)cc1. The molecular weight excluding hydrogens is 214 g/mol. The Hall–Kier alpha value is -1.51. The van der Waals surface area contributed by atoms with E-state index in [-0.39, 0.29) is 5.97 Å². The van der Waals surface area contributed by atoms with E-state index in [1.165, 1.54) is 0 Å². The Morgan fingerprint density at radius 1 is 1.29 bits per heavy atom. The van der Waals surface area contributed by atoms with Crippen molar-refractivity contribution in [3.05, 3.63) is 29.8 Å². The molecule has 17 heavy (non-hydrogen) atoms.